The van der Waals surface area contributed by atoms with Crippen molar-refractivity contribution in [2.45, 2.75) is 13.8 Å². The molecule has 0 aliphatic rings. The van der Waals surface area contributed by atoms with Gasteiger partial charge in [-0.25, -0.2) is 0 Å². The van der Waals surface area contributed by atoms with E-state index in [1.807, 2.05) is 13.8 Å². The van der Waals surface area contributed by atoms with Gasteiger partial charge in [-0.2, -0.15) is 0 Å². The van der Waals surface area contributed by atoms with Crippen LogP contribution in [0, 0.1) is 24.0 Å². The van der Waals surface area contributed by atoms with Gasteiger partial charge in [0.25, 0.3) is 5.69 Å². The highest BCUT2D eigenvalue weighted by atomic mass is 32.1. The van der Waals surface area contributed by atoms with E-state index >= 15 is 0 Å². The highest BCUT2D eigenvalue weighted by molar-refractivity contribution is 7.16. The SMILES string of the molecule is Cc1sc(N)c(C(=O)c2ccc([N+](=O)[O-])cc2)c1C. The maximum Gasteiger partial charge on any atom is 0.269 e. The largest absolute Gasteiger partial charge is 0.390 e. The van der Waals surface area contributed by atoms with Crippen LogP contribution in [0.5, 0.6) is 0 Å². The van der Waals surface area contributed by atoms with E-state index in [2.05, 4.69) is 0 Å². The first-order chi connectivity index (χ1) is 8.91. The molecule has 0 fully saturated rings. The first-order valence-electron chi connectivity index (χ1n) is 5.56. The average Bonchev–Trinajstić information content (AvgIpc) is 2.62. The smallest absolute Gasteiger partial charge is 0.269 e. The first-order valence-corrected chi connectivity index (χ1v) is 6.38. The minimum Gasteiger partial charge on any atom is -0.390 e. The Labute approximate surface area is 113 Å². The Morgan fingerprint density at radius 1 is 1.26 bits per heavy atom. The number of nitro benzene ring substituents is 1. The van der Waals surface area contributed by atoms with E-state index in [1.54, 1.807) is 0 Å². The Balaban J connectivity index is 2.41. The quantitative estimate of drug-likeness (QED) is 0.530. The summed E-state index contributed by atoms with van der Waals surface area (Å²) in [4.78, 5) is 23.4. The van der Waals surface area contributed by atoms with Gasteiger partial charge in [-0.05, 0) is 31.5 Å². The molecule has 0 saturated carbocycles. The van der Waals surface area contributed by atoms with E-state index in [1.165, 1.54) is 35.6 Å². The summed E-state index contributed by atoms with van der Waals surface area (Å²) < 4.78 is 0. The molecule has 1 aromatic carbocycles. The summed E-state index contributed by atoms with van der Waals surface area (Å²) in [6, 6.07) is 5.54. The molecular weight excluding hydrogens is 264 g/mol. The zero-order valence-corrected chi connectivity index (χ0v) is 11.3. The van der Waals surface area contributed by atoms with Gasteiger partial charge >= 0.3 is 0 Å². The third-order valence-electron chi connectivity index (χ3n) is 2.98. The Morgan fingerprint density at radius 2 is 1.84 bits per heavy atom. The number of carbonyl (C=O) groups is 1. The van der Waals surface area contributed by atoms with Crippen LogP contribution in [0.25, 0.3) is 0 Å². The van der Waals surface area contributed by atoms with E-state index in [9.17, 15) is 14.9 Å². The van der Waals surface area contributed by atoms with Gasteiger partial charge in [-0.15, -0.1) is 11.3 Å². The maximum absolute atomic E-state index is 12.3. The van der Waals surface area contributed by atoms with Gasteiger partial charge < -0.3 is 5.73 Å². The molecule has 6 heteroatoms. The number of nitro groups is 1. The fourth-order valence-corrected chi connectivity index (χ4v) is 2.75. The monoisotopic (exact) mass is 276 g/mol. The van der Waals surface area contributed by atoms with Gasteiger partial charge in [0.1, 0.15) is 0 Å². The molecule has 0 unspecified atom stereocenters. The summed E-state index contributed by atoms with van der Waals surface area (Å²) in [6.07, 6.45) is 0. The number of hydrogen-bond donors (Lipinski definition) is 1. The van der Waals surface area contributed by atoms with Crippen LogP contribution in [0.3, 0.4) is 0 Å². The Kier molecular flexibility index (Phi) is 3.35. The molecule has 0 radical (unpaired) electrons. The zero-order valence-electron chi connectivity index (χ0n) is 10.5. The highest BCUT2D eigenvalue weighted by Gasteiger charge is 2.19. The molecule has 0 saturated heterocycles. The second kappa shape index (κ2) is 4.81. The number of hydrogen-bond acceptors (Lipinski definition) is 5. The highest BCUT2D eigenvalue weighted by Crippen LogP contribution is 2.31. The number of carbonyl (C=O) groups excluding carboxylic acids is 1. The molecule has 0 spiro atoms. The topological polar surface area (TPSA) is 86.2 Å². The number of thiophene rings is 1. The average molecular weight is 276 g/mol. The van der Waals surface area contributed by atoms with E-state index < -0.39 is 4.92 Å². The van der Waals surface area contributed by atoms with Crippen LogP contribution in [0.2, 0.25) is 0 Å². The van der Waals surface area contributed by atoms with E-state index in [0.717, 1.165) is 10.4 Å². The van der Waals surface area contributed by atoms with Crippen LogP contribution in [-0.2, 0) is 0 Å². The molecule has 1 aromatic heterocycles. The summed E-state index contributed by atoms with van der Waals surface area (Å²) in [7, 11) is 0. The van der Waals surface area contributed by atoms with Gasteiger partial charge in [-0.1, -0.05) is 0 Å². The van der Waals surface area contributed by atoms with Crippen LogP contribution in [0.15, 0.2) is 24.3 Å². The van der Waals surface area contributed by atoms with Crippen molar-refractivity contribution in [2.24, 2.45) is 0 Å². The summed E-state index contributed by atoms with van der Waals surface area (Å²) in [6.45, 7) is 3.75. The lowest BCUT2D eigenvalue weighted by atomic mass is 10.0. The van der Waals surface area contributed by atoms with Gasteiger partial charge in [0.05, 0.1) is 15.5 Å². The number of nitrogen functional groups attached to an aromatic ring is 1. The third-order valence-corrected chi connectivity index (χ3v) is 4.02. The van der Waals surface area contributed by atoms with Gasteiger partial charge in [-0.3, -0.25) is 14.9 Å². The molecule has 2 aromatic rings. The van der Waals surface area contributed by atoms with Crippen molar-refractivity contribution in [3.63, 3.8) is 0 Å². The molecule has 0 amide bonds. The van der Waals surface area contributed by atoms with Crippen LogP contribution in [-0.4, -0.2) is 10.7 Å². The standard InChI is InChI=1S/C13H12N2O3S/c1-7-8(2)19-13(14)11(7)12(16)9-3-5-10(6-4-9)15(17)18/h3-6H,14H2,1-2H3. The molecule has 98 valence electrons. The van der Waals surface area contributed by atoms with Crippen molar-refractivity contribution in [3.8, 4) is 0 Å². The minimum absolute atomic E-state index is 0.0391. The van der Waals surface area contributed by atoms with Crippen molar-refractivity contribution >= 4 is 27.8 Å². The van der Waals surface area contributed by atoms with Crippen LogP contribution < -0.4 is 5.73 Å². The van der Waals surface area contributed by atoms with E-state index in [0.29, 0.717) is 16.1 Å². The van der Waals surface area contributed by atoms with Crippen molar-refractivity contribution in [2.75, 3.05) is 5.73 Å². The van der Waals surface area contributed by atoms with Crippen LogP contribution in [0.1, 0.15) is 26.4 Å². The number of nitrogens with zero attached hydrogens (tertiary/aromatic N) is 1. The van der Waals surface area contributed by atoms with Gasteiger partial charge in [0.15, 0.2) is 5.78 Å². The summed E-state index contributed by atoms with van der Waals surface area (Å²) in [5, 5.41) is 11.1. The number of ketones is 1. The normalized spacial score (nSPS) is 10.4. The lowest BCUT2D eigenvalue weighted by molar-refractivity contribution is -0.384. The van der Waals surface area contributed by atoms with Crippen molar-refractivity contribution < 1.29 is 9.72 Å². The third kappa shape index (κ3) is 2.34. The number of benzene rings is 1. The molecule has 2 rings (SSSR count). The molecule has 0 bridgehead atoms. The summed E-state index contributed by atoms with van der Waals surface area (Å²) >= 11 is 1.38. The molecule has 0 aliphatic carbocycles. The molecular formula is C13H12N2O3S. The Bertz CT molecular complexity index is 659. The number of anilines is 1. The van der Waals surface area contributed by atoms with E-state index in [4.69, 9.17) is 5.73 Å². The molecule has 19 heavy (non-hydrogen) atoms. The summed E-state index contributed by atoms with van der Waals surface area (Å²) in [5.74, 6) is -0.200. The molecule has 2 N–H and O–H groups in total. The molecule has 0 atom stereocenters. The Morgan fingerprint density at radius 3 is 2.26 bits per heavy atom. The van der Waals surface area contributed by atoms with Crippen molar-refractivity contribution in [3.05, 3.63) is 55.9 Å². The van der Waals surface area contributed by atoms with Gasteiger partial charge in [0, 0.05) is 22.6 Å². The molecule has 1 heterocycles. The zero-order chi connectivity index (χ0) is 14.2. The van der Waals surface area contributed by atoms with Crippen LogP contribution >= 0.6 is 11.3 Å². The van der Waals surface area contributed by atoms with Gasteiger partial charge in [0.2, 0.25) is 0 Å². The lowest BCUT2D eigenvalue weighted by Crippen LogP contribution is -2.04. The maximum atomic E-state index is 12.3. The Hall–Kier alpha value is -2.21. The van der Waals surface area contributed by atoms with Crippen molar-refractivity contribution in [1.82, 2.24) is 0 Å². The second-order valence-corrected chi connectivity index (χ2v) is 5.41. The number of aryl methyl sites for hydroxylation is 1. The molecule has 5 nitrogen and oxygen atoms in total. The number of non-ortho nitro benzene ring substituents is 1. The van der Waals surface area contributed by atoms with E-state index in [-0.39, 0.29) is 11.5 Å². The fraction of sp³-hybridized carbons (Fsp3) is 0.154. The predicted octanol–water partition coefficient (Wildman–Crippen LogP) is 3.09. The predicted molar refractivity (Wildman–Crippen MR) is 74.7 cm³/mol. The minimum atomic E-state index is -0.497. The second-order valence-electron chi connectivity index (χ2n) is 4.16. The first kappa shape index (κ1) is 13.2. The molecule has 0 aliphatic heterocycles. The fourth-order valence-electron chi connectivity index (χ4n) is 1.81. The number of nitrogens with two attached hydrogens (primary N) is 1. The lowest BCUT2D eigenvalue weighted by Gasteiger charge is -2.02. The summed E-state index contributed by atoms with van der Waals surface area (Å²) in [5.41, 5.74) is 7.57. The van der Waals surface area contributed by atoms with Crippen LogP contribution in [0.4, 0.5) is 10.7 Å². The number of rotatable bonds is 3. The van der Waals surface area contributed by atoms with Crippen molar-refractivity contribution in [1.29, 1.82) is 0 Å².